The van der Waals surface area contributed by atoms with Gasteiger partial charge in [-0.05, 0) is 12.5 Å². The van der Waals surface area contributed by atoms with Gasteiger partial charge in [0.2, 0.25) is 5.90 Å². The van der Waals surface area contributed by atoms with Gasteiger partial charge >= 0.3 is 24.3 Å². The van der Waals surface area contributed by atoms with Crippen molar-refractivity contribution in [3.8, 4) is 0 Å². The smallest absolute Gasteiger partial charge is 0.475 e. The highest BCUT2D eigenvalue weighted by atomic mass is 35.5. The van der Waals surface area contributed by atoms with Gasteiger partial charge < -0.3 is 25.2 Å². The number of aliphatic imine (C=N–C) groups is 1. The summed E-state index contributed by atoms with van der Waals surface area (Å²) in [6.07, 6.45) is -7.20. The van der Waals surface area contributed by atoms with E-state index < -0.39 is 24.3 Å². The number of carboxylic acids is 2. The summed E-state index contributed by atoms with van der Waals surface area (Å²) in [5.41, 5.74) is 0.866. The lowest BCUT2D eigenvalue weighted by Gasteiger charge is -2.29. The van der Waals surface area contributed by atoms with E-state index >= 15 is 0 Å². The van der Waals surface area contributed by atoms with E-state index in [4.69, 9.17) is 36.1 Å². The first-order valence-corrected chi connectivity index (χ1v) is 9.97. The molecule has 1 fully saturated rings. The lowest BCUT2D eigenvalue weighted by Crippen LogP contribution is -2.44. The molecule has 16 heteroatoms. The van der Waals surface area contributed by atoms with Gasteiger partial charge in [-0.1, -0.05) is 18.5 Å². The van der Waals surface area contributed by atoms with Crippen molar-refractivity contribution in [1.29, 1.82) is 0 Å². The number of halogens is 7. The van der Waals surface area contributed by atoms with Crippen molar-refractivity contribution in [1.82, 2.24) is 10.3 Å². The van der Waals surface area contributed by atoms with Crippen LogP contribution >= 0.6 is 11.6 Å². The number of aliphatic carboxylic acids is 2. The summed E-state index contributed by atoms with van der Waals surface area (Å²) in [5.74, 6) is -4.00. The van der Waals surface area contributed by atoms with Crippen LogP contribution in [0.25, 0.3) is 0 Å². The third-order valence-corrected chi connectivity index (χ3v) is 4.42. The zero-order valence-corrected chi connectivity index (χ0v) is 18.3. The SMILES string of the molecule is CCC1CN=C(c2cnc(N3CCNCC3)c(Cl)c2)O1.O=C(O)C(F)(F)F.O=C(O)C(F)(F)F. The Morgan fingerprint density at radius 3 is 2.03 bits per heavy atom. The maximum absolute atomic E-state index is 10.6. The first-order chi connectivity index (χ1) is 15.7. The summed E-state index contributed by atoms with van der Waals surface area (Å²) < 4.78 is 69.2. The van der Waals surface area contributed by atoms with Gasteiger partial charge in [0, 0.05) is 32.4 Å². The number of piperazine rings is 1. The molecule has 0 amide bonds. The van der Waals surface area contributed by atoms with Crippen molar-refractivity contribution in [3.05, 3.63) is 22.8 Å². The van der Waals surface area contributed by atoms with E-state index in [1.807, 2.05) is 6.07 Å². The Labute approximate surface area is 194 Å². The predicted molar refractivity (Wildman–Crippen MR) is 108 cm³/mol. The van der Waals surface area contributed by atoms with E-state index in [9.17, 15) is 26.3 Å². The van der Waals surface area contributed by atoms with E-state index in [0.29, 0.717) is 10.9 Å². The molecule has 0 saturated carbocycles. The molecule has 3 rings (SSSR count). The fourth-order valence-electron chi connectivity index (χ4n) is 2.45. The van der Waals surface area contributed by atoms with Crippen LogP contribution in [0.5, 0.6) is 0 Å². The monoisotopic (exact) mass is 522 g/mol. The largest absolute Gasteiger partial charge is 0.490 e. The Kier molecular flexibility index (Phi) is 10.8. The molecule has 3 N–H and O–H groups in total. The number of carboxylic acid groups (broad SMARTS) is 2. The van der Waals surface area contributed by atoms with E-state index in [-0.39, 0.29) is 6.10 Å². The second-order valence-electron chi connectivity index (χ2n) is 6.67. The third kappa shape index (κ3) is 9.59. The number of ether oxygens (including phenoxy) is 1. The van der Waals surface area contributed by atoms with Crippen LogP contribution in [0.2, 0.25) is 5.02 Å². The third-order valence-electron chi connectivity index (χ3n) is 4.14. The second-order valence-corrected chi connectivity index (χ2v) is 7.07. The van der Waals surface area contributed by atoms with Gasteiger partial charge in [-0.15, -0.1) is 0 Å². The van der Waals surface area contributed by atoms with Gasteiger partial charge in [0.1, 0.15) is 11.9 Å². The van der Waals surface area contributed by atoms with Crippen LogP contribution in [-0.4, -0.2) is 84.2 Å². The van der Waals surface area contributed by atoms with Crippen molar-refractivity contribution in [2.45, 2.75) is 31.8 Å². The fraction of sp³-hybridized carbons (Fsp3) is 0.556. The van der Waals surface area contributed by atoms with Gasteiger partial charge in [-0.3, -0.25) is 0 Å². The molecular formula is C18H21ClF6N4O5. The molecule has 1 aromatic heterocycles. The molecule has 0 bridgehead atoms. The summed E-state index contributed by atoms with van der Waals surface area (Å²) in [5, 5.41) is 18.2. The van der Waals surface area contributed by atoms with Crippen LogP contribution in [0.1, 0.15) is 18.9 Å². The average Bonchev–Trinajstić information content (AvgIpc) is 3.23. The quantitative estimate of drug-likeness (QED) is 0.518. The Hall–Kier alpha value is -2.81. The Balaban J connectivity index is 0.000000343. The maximum atomic E-state index is 10.6. The van der Waals surface area contributed by atoms with Crippen LogP contribution in [0.4, 0.5) is 32.2 Å². The van der Waals surface area contributed by atoms with E-state index in [1.165, 1.54) is 0 Å². The standard InChI is InChI=1S/C14H19ClN4O.2C2HF3O2/c1-2-11-9-18-14(20-11)10-7-12(15)13(17-8-10)19-5-3-16-4-6-19;2*3-2(4,5)1(6)7/h7-8,11,16H,2-6,9H2,1H3;2*(H,6,7). The van der Waals surface area contributed by atoms with E-state index in [0.717, 1.165) is 50.5 Å². The number of rotatable bonds is 3. The van der Waals surface area contributed by atoms with Crippen LogP contribution in [-0.2, 0) is 14.3 Å². The Morgan fingerprint density at radius 2 is 1.65 bits per heavy atom. The molecule has 1 unspecified atom stereocenters. The molecule has 0 aliphatic carbocycles. The lowest BCUT2D eigenvalue weighted by molar-refractivity contribution is -0.193. The topological polar surface area (TPSA) is 124 Å². The van der Waals surface area contributed by atoms with Crippen molar-refractivity contribution < 1.29 is 50.9 Å². The first kappa shape index (κ1) is 29.2. The summed E-state index contributed by atoms with van der Waals surface area (Å²) in [7, 11) is 0. The van der Waals surface area contributed by atoms with Crippen LogP contribution < -0.4 is 10.2 Å². The molecule has 34 heavy (non-hydrogen) atoms. The van der Waals surface area contributed by atoms with E-state index in [2.05, 4.69) is 27.1 Å². The van der Waals surface area contributed by atoms with Crippen LogP contribution in [0, 0.1) is 0 Å². The average molecular weight is 523 g/mol. The van der Waals surface area contributed by atoms with Crippen molar-refractivity contribution in [2.24, 2.45) is 4.99 Å². The fourth-order valence-corrected chi connectivity index (χ4v) is 2.73. The second kappa shape index (κ2) is 12.6. The highest BCUT2D eigenvalue weighted by Crippen LogP contribution is 2.26. The van der Waals surface area contributed by atoms with Crippen LogP contribution in [0.15, 0.2) is 17.3 Å². The molecule has 2 aliphatic heterocycles. The van der Waals surface area contributed by atoms with Crippen molar-refractivity contribution in [2.75, 3.05) is 37.6 Å². The molecule has 1 atom stereocenters. The minimum absolute atomic E-state index is 0.191. The van der Waals surface area contributed by atoms with Crippen molar-refractivity contribution in [3.63, 3.8) is 0 Å². The number of hydrogen-bond acceptors (Lipinski definition) is 7. The van der Waals surface area contributed by atoms with Gasteiger partial charge in [0.25, 0.3) is 0 Å². The number of anilines is 1. The zero-order valence-electron chi connectivity index (χ0n) is 17.6. The highest BCUT2D eigenvalue weighted by molar-refractivity contribution is 6.33. The summed E-state index contributed by atoms with van der Waals surface area (Å²) in [6.45, 7) is 6.62. The number of nitrogens with one attached hydrogen (secondary N) is 1. The molecule has 192 valence electrons. The molecule has 1 saturated heterocycles. The number of nitrogens with zero attached hydrogens (tertiary/aromatic N) is 3. The van der Waals surface area contributed by atoms with Crippen LogP contribution in [0.3, 0.4) is 0 Å². The number of hydrogen-bond donors (Lipinski definition) is 3. The van der Waals surface area contributed by atoms with Gasteiger partial charge in [-0.2, -0.15) is 26.3 Å². The maximum Gasteiger partial charge on any atom is 0.490 e. The summed E-state index contributed by atoms with van der Waals surface area (Å²) in [6, 6.07) is 1.91. The van der Waals surface area contributed by atoms with Gasteiger partial charge in [0.15, 0.2) is 0 Å². The molecular weight excluding hydrogens is 502 g/mol. The summed E-state index contributed by atoms with van der Waals surface area (Å²) >= 11 is 6.38. The van der Waals surface area contributed by atoms with Gasteiger partial charge in [0.05, 0.1) is 17.1 Å². The molecule has 1 aromatic rings. The summed E-state index contributed by atoms with van der Waals surface area (Å²) in [4.78, 5) is 28.9. The van der Waals surface area contributed by atoms with Crippen molar-refractivity contribution >= 4 is 35.3 Å². The number of aromatic nitrogens is 1. The predicted octanol–water partition coefficient (Wildman–Crippen LogP) is 2.97. The molecule has 3 heterocycles. The molecule has 0 spiro atoms. The molecule has 0 aromatic carbocycles. The molecule has 9 nitrogen and oxygen atoms in total. The first-order valence-electron chi connectivity index (χ1n) is 9.59. The minimum atomic E-state index is -5.08. The Morgan fingerprint density at radius 1 is 1.15 bits per heavy atom. The highest BCUT2D eigenvalue weighted by Gasteiger charge is 2.38. The molecule has 0 radical (unpaired) electrons. The van der Waals surface area contributed by atoms with E-state index in [1.54, 1.807) is 6.20 Å². The number of alkyl halides is 6. The normalized spacial score (nSPS) is 17.9. The Bertz CT molecular complexity index is 851. The number of pyridine rings is 1. The number of carbonyl (C=O) groups is 2. The lowest BCUT2D eigenvalue weighted by atomic mass is 10.2. The minimum Gasteiger partial charge on any atom is -0.475 e. The van der Waals surface area contributed by atoms with Gasteiger partial charge in [-0.25, -0.2) is 19.6 Å². The zero-order chi connectivity index (χ0) is 26.1. The molecule has 2 aliphatic rings.